The fourth-order valence-corrected chi connectivity index (χ4v) is 2.35. The molecule has 0 N–H and O–H groups in total. The zero-order valence-corrected chi connectivity index (χ0v) is 13.1. The van der Waals surface area contributed by atoms with Gasteiger partial charge in [0.15, 0.2) is 0 Å². The van der Waals surface area contributed by atoms with Gasteiger partial charge in [-0.2, -0.15) is 0 Å². The molecule has 96 valence electrons. The Bertz CT molecular complexity index is 295. The van der Waals surface area contributed by atoms with Gasteiger partial charge in [-0.05, 0) is 49.5 Å². The van der Waals surface area contributed by atoms with Crippen molar-refractivity contribution in [3.05, 3.63) is 35.9 Å². The highest BCUT2D eigenvalue weighted by Gasteiger charge is 2.17. The van der Waals surface area contributed by atoms with Gasteiger partial charge >= 0.3 is 0 Å². The lowest BCUT2D eigenvalue weighted by molar-refractivity contribution is -0.0230. The summed E-state index contributed by atoms with van der Waals surface area (Å²) in [6.07, 6.45) is 4.73. The molecule has 0 atom stereocenters. The molecule has 17 heavy (non-hydrogen) atoms. The highest BCUT2D eigenvalue weighted by atomic mass is 127. The topological polar surface area (TPSA) is 9.23 Å². The van der Waals surface area contributed by atoms with Gasteiger partial charge in [-0.25, -0.2) is 0 Å². The lowest BCUT2D eigenvalue weighted by Gasteiger charge is -2.25. The van der Waals surface area contributed by atoms with Gasteiger partial charge in [0.1, 0.15) is 0 Å². The van der Waals surface area contributed by atoms with Crippen molar-refractivity contribution in [1.82, 2.24) is 0 Å². The molecule has 0 amide bonds. The van der Waals surface area contributed by atoms with Crippen LogP contribution in [-0.2, 0) is 11.2 Å². The molecule has 0 saturated carbocycles. The standard InChI is InChI=1S/C15H23IO/c1-15(2,11-6-7-12-16)17-13-10-14-8-4-3-5-9-14/h3-5,8-9H,6-7,10-13H2,1-2H3. The van der Waals surface area contributed by atoms with E-state index in [1.165, 1.54) is 22.8 Å². The Morgan fingerprint density at radius 3 is 2.47 bits per heavy atom. The Kier molecular flexibility index (Phi) is 7.12. The number of hydrogen-bond donors (Lipinski definition) is 0. The van der Waals surface area contributed by atoms with Crippen LogP contribution in [0.5, 0.6) is 0 Å². The molecule has 2 heteroatoms. The van der Waals surface area contributed by atoms with Crippen molar-refractivity contribution in [3.8, 4) is 0 Å². The summed E-state index contributed by atoms with van der Waals surface area (Å²) in [6.45, 7) is 5.22. The zero-order chi connectivity index (χ0) is 12.6. The van der Waals surface area contributed by atoms with Gasteiger partial charge in [0.2, 0.25) is 0 Å². The van der Waals surface area contributed by atoms with Crippen molar-refractivity contribution in [3.63, 3.8) is 0 Å². The fourth-order valence-electron chi connectivity index (χ4n) is 1.81. The summed E-state index contributed by atoms with van der Waals surface area (Å²) in [5.41, 5.74) is 1.39. The van der Waals surface area contributed by atoms with Gasteiger partial charge in [0.05, 0.1) is 12.2 Å². The van der Waals surface area contributed by atoms with Crippen molar-refractivity contribution in [2.75, 3.05) is 11.0 Å². The zero-order valence-electron chi connectivity index (χ0n) is 10.9. The SMILES string of the molecule is CC(C)(CCCCI)OCCc1ccccc1. The highest BCUT2D eigenvalue weighted by Crippen LogP contribution is 2.18. The number of benzene rings is 1. The molecular weight excluding hydrogens is 323 g/mol. The minimum Gasteiger partial charge on any atom is -0.375 e. The van der Waals surface area contributed by atoms with Crippen LogP contribution < -0.4 is 0 Å². The highest BCUT2D eigenvalue weighted by molar-refractivity contribution is 14.1. The fraction of sp³-hybridized carbons (Fsp3) is 0.600. The molecule has 0 spiro atoms. The predicted octanol–water partition coefficient (Wildman–Crippen LogP) is 4.63. The molecule has 0 saturated heterocycles. The van der Waals surface area contributed by atoms with Crippen molar-refractivity contribution in [2.45, 2.75) is 45.1 Å². The third-order valence-corrected chi connectivity index (χ3v) is 3.65. The maximum atomic E-state index is 5.98. The molecule has 0 aliphatic heterocycles. The van der Waals surface area contributed by atoms with Crippen LogP contribution in [0.25, 0.3) is 0 Å². The Balaban J connectivity index is 2.20. The van der Waals surface area contributed by atoms with Crippen LogP contribution in [0.2, 0.25) is 0 Å². The van der Waals surface area contributed by atoms with Crippen molar-refractivity contribution in [1.29, 1.82) is 0 Å². The first-order chi connectivity index (χ1) is 8.14. The van der Waals surface area contributed by atoms with E-state index in [1.54, 1.807) is 0 Å². The Hall–Kier alpha value is -0.0900. The third-order valence-electron chi connectivity index (χ3n) is 2.89. The number of alkyl halides is 1. The van der Waals surface area contributed by atoms with E-state index < -0.39 is 0 Å². The quantitative estimate of drug-likeness (QED) is 0.379. The number of rotatable bonds is 8. The molecule has 1 aromatic carbocycles. The van der Waals surface area contributed by atoms with E-state index in [1.807, 2.05) is 0 Å². The van der Waals surface area contributed by atoms with E-state index in [0.29, 0.717) is 0 Å². The maximum Gasteiger partial charge on any atom is 0.0626 e. The molecule has 1 nitrogen and oxygen atoms in total. The first kappa shape index (κ1) is 15.0. The van der Waals surface area contributed by atoms with Crippen molar-refractivity contribution in [2.24, 2.45) is 0 Å². The van der Waals surface area contributed by atoms with Crippen molar-refractivity contribution < 1.29 is 4.74 Å². The van der Waals surface area contributed by atoms with Crippen LogP contribution >= 0.6 is 22.6 Å². The largest absolute Gasteiger partial charge is 0.375 e. The van der Waals surface area contributed by atoms with Gasteiger partial charge in [-0.3, -0.25) is 0 Å². The van der Waals surface area contributed by atoms with Crippen LogP contribution in [0, 0.1) is 0 Å². The number of halogens is 1. The number of ether oxygens (including phenoxy) is 1. The van der Waals surface area contributed by atoms with Crippen molar-refractivity contribution >= 4 is 22.6 Å². The number of hydrogen-bond acceptors (Lipinski definition) is 1. The van der Waals surface area contributed by atoms with Gasteiger partial charge in [-0.1, -0.05) is 52.9 Å². The van der Waals surface area contributed by atoms with Crippen LogP contribution in [0.4, 0.5) is 0 Å². The Labute approximate surface area is 119 Å². The van der Waals surface area contributed by atoms with Crippen LogP contribution in [0.1, 0.15) is 38.7 Å². The van der Waals surface area contributed by atoms with E-state index in [0.717, 1.165) is 19.4 Å². The van der Waals surface area contributed by atoms with E-state index in [4.69, 9.17) is 4.74 Å². The lowest BCUT2D eigenvalue weighted by atomic mass is 10.0. The van der Waals surface area contributed by atoms with E-state index in [2.05, 4.69) is 66.8 Å². The van der Waals surface area contributed by atoms with E-state index in [9.17, 15) is 0 Å². The van der Waals surface area contributed by atoms with Crippen LogP contribution in [0.15, 0.2) is 30.3 Å². The summed E-state index contributed by atoms with van der Waals surface area (Å²) in [4.78, 5) is 0. The first-order valence-corrected chi connectivity index (χ1v) is 7.90. The molecule has 0 bridgehead atoms. The van der Waals surface area contributed by atoms with E-state index in [-0.39, 0.29) is 5.60 Å². The lowest BCUT2D eigenvalue weighted by Crippen LogP contribution is -2.25. The minimum atomic E-state index is 0.0284. The second kappa shape index (κ2) is 8.09. The second-order valence-electron chi connectivity index (χ2n) is 4.99. The summed E-state index contributed by atoms with van der Waals surface area (Å²) in [7, 11) is 0. The van der Waals surface area contributed by atoms with Crippen LogP contribution in [-0.4, -0.2) is 16.6 Å². The average Bonchev–Trinajstić information content (AvgIpc) is 2.30. The minimum absolute atomic E-state index is 0.0284. The average molecular weight is 346 g/mol. The van der Waals surface area contributed by atoms with E-state index >= 15 is 0 Å². The van der Waals surface area contributed by atoms with Gasteiger partial charge in [0, 0.05) is 0 Å². The Morgan fingerprint density at radius 1 is 1.12 bits per heavy atom. The molecule has 0 aromatic heterocycles. The predicted molar refractivity (Wildman–Crippen MR) is 82.9 cm³/mol. The monoisotopic (exact) mass is 346 g/mol. The third kappa shape index (κ3) is 7.04. The molecule has 0 unspecified atom stereocenters. The van der Waals surface area contributed by atoms with Gasteiger partial charge in [-0.15, -0.1) is 0 Å². The molecular formula is C15H23IO. The molecule has 1 rings (SSSR count). The normalized spacial score (nSPS) is 11.7. The van der Waals surface area contributed by atoms with Gasteiger partial charge in [0.25, 0.3) is 0 Å². The maximum absolute atomic E-state index is 5.98. The second-order valence-corrected chi connectivity index (χ2v) is 6.07. The summed E-state index contributed by atoms with van der Waals surface area (Å²) < 4.78 is 7.23. The molecule has 0 fully saturated rings. The smallest absolute Gasteiger partial charge is 0.0626 e. The number of unbranched alkanes of at least 4 members (excludes halogenated alkanes) is 1. The first-order valence-electron chi connectivity index (χ1n) is 6.38. The molecule has 0 aliphatic rings. The summed E-state index contributed by atoms with van der Waals surface area (Å²) >= 11 is 2.43. The van der Waals surface area contributed by atoms with Gasteiger partial charge < -0.3 is 4.74 Å². The molecule has 0 aliphatic carbocycles. The molecule has 0 radical (unpaired) electrons. The molecule has 1 aromatic rings. The summed E-state index contributed by atoms with van der Waals surface area (Å²) in [5.74, 6) is 0. The summed E-state index contributed by atoms with van der Waals surface area (Å²) in [5, 5.41) is 0. The van der Waals surface area contributed by atoms with Crippen LogP contribution in [0.3, 0.4) is 0 Å². The summed E-state index contributed by atoms with van der Waals surface area (Å²) in [6, 6.07) is 10.5. The molecule has 0 heterocycles. The Morgan fingerprint density at radius 2 is 1.82 bits per heavy atom.